The summed E-state index contributed by atoms with van der Waals surface area (Å²) in [5.74, 6) is 0.757. The van der Waals surface area contributed by atoms with Crippen molar-refractivity contribution in [3.8, 4) is 5.75 Å². The van der Waals surface area contributed by atoms with Crippen molar-refractivity contribution in [3.05, 3.63) is 28.8 Å². The summed E-state index contributed by atoms with van der Waals surface area (Å²) in [6, 6.07) is 5.46. The van der Waals surface area contributed by atoms with Crippen LogP contribution in [0.1, 0.15) is 5.56 Å². The Bertz CT molecular complexity index is 250. The van der Waals surface area contributed by atoms with Crippen LogP contribution in [-0.4, -0.2) is 15.0 Å². The van der Waals surface area contributed by atoms with Gasteiger partial charge >= 0.3 is 0 Å². The van der Waals surface area contributed by atoms with E-state index in [1.54, 1.807) is 13.2 Å². The first kappa shape index (κ1) is 8.47. The third-order valence-electron chi connectivity index (χ3n) is 1.48. The van der Waals surface area contributed by atoms with E-state index in [0.717, 1.165) is 11.3 Å². The van der Waals surface area contributed by atoms with Gasteiger partial charge in [0.2, 0.25) is 0 Å². The summed E-state index contributed by atoms with van der Waals surface area (Å²) in [5.41, 5.74) is 0.937. The molecule has 0 saturated carbocycles. The van der Waals surface area contributed by atoms with Crippen molar-refractivity contribution in [3.63, 3.8) is 0 Å². The largest absolute Gasteiger partial charge is 0.497 e. The van der Waals surface area contributed by atoms with E-state index in [0.29, 0.717) is 11.3 Å². The molecule has 0 aromatic heterocycles. The molecular formula is C8H8BClO. The topological polar surface area (TPSA) is 9.23 Å². The summed E-state index contributed by atoms with van der Waals surface area (Å²) in [6.45, 7) is 0. The van der Waals surface area contributed by atoms with E-state index in [4.69, 9.17) is 24.2 Å². The quantitative estimate of drug-likeness (QED) is 0.611. The van der Waals surface area contributed by atoms with Crippen molar-refractivity contribution in [2.45, 2.75) is 6.32 Å². The first-order valence-corrected chi connectivity index (χ1v) is 3.68. The minimum absolute atomic E-state index is 0.461. The molecule has 1 aromatic carbocycles. The molecular weight excluding hydrogens is 158 g/mol. The van der Waals surface area contributed by atoms with Crippen LogP contribution in [0.2, 0.25) is 5.02 Å². The zero-order valence-corrected chi connectivity index (χ0v) is 7.06. The predicted molar refractivity (Wildman–Crippen MR) is 47.5 cm³/mol. The average Bonchev–Trinajstić information content (AvgIpc) is 2.04. The van der Waals surface area contributed by atoms with Crippen LogP contribution < -0.4 is 4.74 Å². The minimum Gasteiger partial charge on any atom is -0.497 e. The fourth-order valence-corrected chi connectivity index (χ4v) is 1.07. The molecule has 1 nitrogen and oxygen atoms in total. The zero-order chi connectivity index (χ0) is 8.27. The summed E-state index contributed by atoms with van der Waals surface area (Å²) < 4.78 is 4.97. The zero-order valence-electron chi connectivity index (χ0n) is 6.30. The highest BCUT2D eigenvalue weighted by Crippen LogP contribution is 2.21. The molecule has 0 amide bonds. The maximum absolute atomic E-state index is 5.85. The molecule has 0 bridgehead atoms. The van der Waals surface area contributed by atoms with Gasteiger partial charge in [-0.05, 0) is 17.7 Å². The maximum Gasteiger partial charge on any atom is 0.120 e. The fourth-order valence-electron chi connectivity index (χ4n) is 0.821. The van der Waals surface area contributed by atoms with Crippen LogP contribution in [0.25, 0.3) is 0 Å². The monoisotopic (exact) mass is 166 g/mol. The maximum atomic E-state index is 5.85. The van der Waals surface area contributed by atoms with Crippen LogP contribution in [0, 0.1) is 0 Å². The van der Waals surface area contributed by atoms with Crippen LogP contribution in [0.4, 0.5) is 0 Å². The molecule has 11 heavy (non-hydrogen) atoms. The van der Waals surface area contributed by atoms with E-state index in [2.05, 4.69) is 0 Å². The van der Waals surface area contributed by atoms with Crippen molar-refractivity contribution in [2.24, 2.45) is 0 Å². The molecule has 56 valence electrons. The van der Waals surface area contributed by atoms with Gasteiger partial charge in [-0.1, -0.05) is 24.0 Å². The normalized spacial score (nSPS) is 9.64. The molecule has 3 heteroatoms. The van der Waals surface area contributed by atoms with Crippen molar-refractivity contribution in [1.82, 2.24) is 0 Å². The van der Waals surface area contributed by atoms with E-state index in [9.17, 15) is 0 Å². The number of hydrogen-bond donors (Lipinski definition) is 0. The lowest BCUT2D eigenvalue weighted by Gasteiger charge is -2.03. The number of methoxy groups -OCH3 is 1. The van der Waals surface area contributed by atoms with Crippen LogP contribution in [0.5, 0.6) is 5.75 Å². The third kappa shape index (κ3) is 1.90. The molecule has 0 aliphatic rings. The van der Waals surface area contributed by atoms with Crippen LogP contribution >= 0.6 is 11.6 Å². The summed E-state index contributed by atoms with van der Waals surface area (Å²) >= 11 is 5.85. The summed E-state index contributed by atoms with van der Waals surface area (Å²) in [6.07, 6.45) is 0.461. The molecule has 0 spiro atoms. The molecule has 0 unspecified atom stereocenters. The first-order chi connectivity index (χ1) is 5.27. The Labute approximate surface area is 72.7 Å². The Morgan fingerprint density at radius 1 is 1.55 bits per heavy atom. The van der Waals surface area contributed by atoms with E-state index >= 15 is 0 Å². The Morgan fingerprint density at radius 2 is 2.27 bits per heavy atom. The summed E-state index contributed by atoms with van der Waals surface area (Å²) in [5, 5.41) is 0.659. The van der Waals surface area contributed by atoms with Crippen molar-refractivity contribution >= 4 is 19.4 Å². The Morgan fingerprint density at radius 3 is 2.73 bits per heavy atom. The second kappa shape index (κ2) is 3.68. The molecule has 0 aliphatic heterocycles. The predicted octanol–water partition coefficient (Wildman–Crippen LogP) is 2.02. The molecule has 0 fully saturated rings. The molecule has 1 rings (SSSR count). The Balaban J connectivity index is 2.99. The van der Waals surface area contributed by atoms with Gasteiger partial charge in [-0.25, -0.2) is 0 Å². The summed E-state index contributed by atoms with van der Waals surface area (Å²) in [7, 11) is 7.02. The van der Waals surface area contributed by atoms with Gasteiger partial charge in [0.1, 0.15) is 5.75 Å². The van der Waals surface area contributed by atoms with Gasteiger partial charge < -0.3 is 4.74 Å². The lowest BCUT2D eigenvalue weighted by Crippen LogP contribution is -1.87. The van der Waals surface area contributed by atoms with Gasteiger partial charge in [0.15, 0.2) is 0 Å². The molecule has 1 aromatic rings. The highest BCUT2D eigenvalue weighted by molar-refractivity contribution is 6.32. The van der Waals surface area contributed by atoms with Gasteiger partial charge in [0, 0.05) is 5.02 Å². The number of rotatable bonds is 2. The van der Waals surface area contributed by atoms with E-state index in [1.807, 2.05) is 12.1 Å². The molecule has 0 saturated heterocycles. The third-order valence-corrected chi connectivity index (χ3v) is 1.83. The van der Waals surface area contributed by atoms with Crippen LogP contribution in [0.3, 0.4) is 0 Å². The molecule has 0 heterocycles. The minimum atomic E-state index is 0.461. The fraction of sp³-hybridized carbons (Fsp3) is 0.250. The van der Waals surface area contributed by atoms with E-state index in [1.165, 1.54) is 0 Å². The smallest absolute Gasteiger partial charge is 0.120 e. The Kier molecular flexibility index (Phi) is 2.83. The highest BCUT2D eigenvalue weighted by Gasteiger charge is 1.98. The second-order valence-corrected chi connectivity index (χ2v) is 2.57. The molecule has 0 atom stereocenters. The number of benzene rings is 1. The van der Waals surface area contributed by atoms with Crippen molar-refractivity contribution < 1.29 is 4.74 Å². The van der Waals surface area contributed by atoms with Gasteiger partial charge in [-0.2, -0.15) is 0 Å². The van der Waals surface area contributed by atoms with Gasteiger partial charge in [-0.15, -0.1) is 0 Å². The van der Waals surface area contributed by atoms with Crippen molar-refractivity contribution in [1.29, 1.82) is 0 Å². The van der Waals surface area contributed by atoms with E-state index < -0.39 is 0 Å². The first-order valence-electron chi connectivity index (χ1n) is 3.30. The van der Waals surface area contributed by atoms with E-state index in [-0.39, 0.29) is 0 Å². The molecule has 2 radical (unpaired) electrons. The van der Waals surface area contributed by atoms with Gasteiger partial charge in [-0.3, -0.25) is 0 Å². The van der Waals surface area contributed by atoms with Crippen LogP contribution in [0.15, 0.2) is 18.2 Å². The summed E-state index contributed by atoms with van der Waals surface area (Å²) in [4.78, 5) is 0. The SMILES string of the molecule is [B]Cc1ccc(OC)cc1Cl. The highest BCUT2D eigenvalue weighted by atomic mass is 35.5. The average molecular weight is 166 g/mol. The van der Waals surface area contributed by atoms with Crippen molar-refractivity contribution in [2.75, 3.05) is 7.11 Å². The standard InChI is InChI=1S/C8H8BClO/c1-11-7-3-2-6(5-9)8(10)4-7/h2-4H,5H2,1H3. The second-order valence-electron chi connectivity index (χ2n) is 2.16. The Hall–Kier alpha value is -0.625. The number of ether oxygens (including phenoxy) is 1. The van der Waals surface area contributed by atoms with Gasteiger partial charge in [0.25, 0.3) is 0 Å². The van der Waals surface area contributed by atoms with Crippen LogP contribution in [-0.2, 0) is 6.32 Å². The molecule has 0 N–H and O–H groups in total. The number of halogens is 1. The van der Waals surface area contributed by atoms with Gasteiger partial charge in [0.05, 0.1) is 15.0 Å². The lowest BCUT2D eigenvalue weighted by atomic mass is 9.97. The number of hydrogen-bond acceptors (Lipinski definition) is 1. The lowest BCUT2D eigenvalue weighted by molar-refractivity contribution is 0.414. The molecule has 0 aliphatic carbocycles.